The van der Waals surface area contributed by atoms with Gasteiger partial charge in [-0.25, -0.2) is 0 Å². The van der Waals surface area contributed by atoms with Crippen molar-refractivity contribution in [1.82, 2.24) is 0 Å². The number of hydrogen-bond donors (Lipinski definition) is 0. The quantitative estimate of drug-likeness (QED) is 0.705. The molecule has 0 aliphatic heterocycles. The molecule has 0 N–H and O–H groups in total. The zero-order chi connectivity index (χ0) is 13.7. The van der Waals surface area contributed by atoms with Crippen LogP contribution in [-0.2, 0) is 0 Å². The van der Waals surface area contributed by atoms with Crippen molar-refractivity contribution >= 4 is 20.0 Å². The Kier molecular flexibility index (Phi) is 4.22. The van der Waals surface area contributed by atoms with E-state index in [-0.39, 0.29) is 0 Å². The van der Waals surface area contributed by atoms with Crippen LogP contribution in [-0.4, -0.2) is 8.24 Å². The van der Waals surface area contributed by atoms with E-state index < -0.39 is 8.24 Å². The average Bonchev–Trinajstić information content (AvgIpc) is 2.40. The van der Waals surface area contributed by atoms with Crippen molar-refractivity contribution in [2.24, 2.45) is 0 Å². The highest BCUT2D eigenvalue weighted by molar-refractivity contribution is 6.80. The molecule has 0 heterocycles. The molecule has 0 spiro atoms. The molecule has 2 rings (SSSR count). The minimum atomic E-state index is -1.43. The third-order valence-corrected chi connectivity index (χ3v) is 4.83. The van der Waals surface area contributed by atoms with E-state index in [0.717, 1.165) is 0 Å². The van der Waals surface area contributed by atoms with E-state index in [1.807, 2.05) is 6.07 Å². The molecule has 98 valence electrons. The van der Waals surface area contributed by atoms with Gasteiger partial charge in [0.25, 0.3) is 0 Å². The molecular weight excluding hydrogens is 246 g/mol. The lowest BCUT2D eigenvalue weighted by atomic mass is 10.2. The molecule has 0 fully saturated rings. The lowest BCUT2D eigenvalue weighted by Gasteiger charge is -2.33. The van der Waals surface area contributed by atoms with E-state index in [2.05, 4.69) is 91.1 Å². The predicted octanol–water partition coefficient (Wildman–Crippen LogP) is 5.00. The van der Waals surface area contributed by atoms with Gasteiger partial charge in [0.1, 0.15) is 0 Å². The van der Waals surface area contributed by atoms with Crippen molar-refractivity contribution < 1.29 is 0 Å². The van der Waals surface area contributed by atoms with Crippen LogP contribution in [0.25, 0.3) is 6.08 Å². The normalized spacial score (nSPS) is 11.7. The highest BCUT2D eigenvalue weighted by atomic mass is 28.3. The Labute approximate surface area is 117 Å². The third kappa shape index (κ3) is 3.83. The van der Waals surface area contributed by atoms with Gasteiger partial charge >= 0.3 is 0 Å². The van der Waals surface area contributed by atoms with Crippen LogP contribution in [0, 0.1) is 0 Å². The summed E-state index contributed by atoms with van der Waals surface area (Å²) in [5.74, 6) is 0. The molecule has 0 aromatic heterocycles. The van der Waals surface area contributed by atoms with Gasteiger partial charge < -0.3 is 4.57 Å². The van der Waals surface area contributed by atoms with Crippen molar-refractivity contribution in [3.05, 3.63) is 72.4 Å². The smallest absolute Gasteiger partial charge is 0.152 e. The van der Waals surface area contributed by atoms with Gasteiger partial charge in [0.05, 0.1) is 0 Å². The summed E-state index contributed by atoms with van der Waals surface area (Å²) in [6, 6.07) is 21.0. The minimum absolute atomic E-state index is 1.24. The summed E-state index contributed by atoms with van der Waals surface area (Å²) in [7, 11) is -1.43. The molecule has 0 aliphatic rings. The zero-order valence-electron chi connectivity index (χ0n) is 11.9. The molecule has 0 aliphatic carbocycles. The second kappa shape index (κ2) is 5.89. The fourth-order valence-electron chi connectivity index (χ4n) is 2.01. The first-order valence-electron chi connectivity index (χ1n) is 6.65. The summed E-state index contributed by atoms with van der Waals surface area (Å²) in [5, 5.41) is 0. The minimum Gasteiger partial charge on any atom is -0.375 e. The number of benzene rings is 2. The summed E-state index contributed by atoms with van der Waals surface area (Å²) in [5.41, 5.74) is 2.51. The topological polar surface area (TPSA) is 3.24 Å². The predicted molar refractivity (Wildman–Crippen MR) is 87.7 cm³/mol. The Hall–Kier alpha value is -1.80. The molecule has 0 amide bonds. The summed E-state index contributed by atoms with van der Waals surface area (Å²) in [6.07, 6.45) is 4.40. The van der Waals surface area contributed by atoms with E-state index in [1.54, 1.807) is 0 Å². The van der Waals surface area contributed by atoms with Crippen molar-refractivity contribution in [1.29, 1.82) is 0 Å². The molecule has 0 saturated carbocycles. The second-order valence-corrected chi connectivity index (χ2v) is 10.4. The Bertz CT molecular complexity index is 526. The highest BCUT2D eigenvalue weighted by Crippen LogP contribution is 2.22. The Balaban J connectivity index is 2.28. The number of rotatable bonds is 4. The molecule has 0 radical (unpaired) electrons. The maximum absolute atomic E-state index is 2.43. The Morgan fingerprint density at radius 1 is 0.789 bits per heavy atom. The second-order valence-electron chi connectivity index (χ2n) is 5.60. The Morgan fingerprint density at radius 3 is 1.84 bits per heavy atom. The van der Waals surface area contributed by atoms with Crippen molar-refractivity contribution in [2.45, 2.75) is 19.6 Å². The highest BCUT2D eigenvalue weighted by Gasteiger charge is 2.22. The lowest BCUT2D eigenvalue weighted by Crippen LogP contribution is -2.42. The van der Waals surface area contributed by atoms with Gasteiger partial charge in [-0.1, -0.05) is 68.2 Å². The van der Waals surface area contributed by atoms with Crippen LogP contribution in [0.5, 0.6) is 0 Å². The number of para-hydroxylation sites is 1. The van der Waals surface area contributed by atoms with Crippen molar-refractivity contribution in [3.8, 4) is 0 Å². The summed E-state index contributed by atoms with van der Waals surface area (Å²) in [6.45, 7) is 7.07. The lowest BCUT2D eigenvalue weighted by molar-refractivity contribution is 1.33. The maximum Gasteiger partial charge on any atom is 0.152 e. The molecule has 2 heteroatoms. The van der Waals surface area contributed by atoms with E-state index in [9.17, 15) is 0 Å². The van der Waals surface area contributed by atoms with Crippen LogP contribution in [0.1, 0.15) is 5.56 Å². The fraction of sp³-hybridized carbons (Fsp3) is 0.176. The first kappa shape index (κ1) is 13.6. The standard InChI is InChI=1S/C17H21NSi/c1-19(2,3)18(17-12-8-5-9-13-17)15-14-16-10-6-4-7-11-16/h4-15H,1-3H3/b15-14+. The molecule has 0 unspecified atom stereocenters. The zero-order valence-corrected chi connectivity index (χ0v) is 12.9. The number of hydrogen-bond acceptors (Lipinski definition) is 1. The average molecular weight is 267 g/mol. The molecule has 1 nitrogen and oxygen atoms in total. The van der Waals surface area contributed by atoms with Gasteiger partial charge in [0, 0.05) is 5.69 Å². The van der Waals surface area contributed by atoms with E-state index in [4.69, 9.17) is 0 Å². The van der Waals surface area contributed by atoms with Gasteiger partial charge in [0.2, 0.25) is 0 Å². The summed E-state index contributed by atoms with van der Waals surface area (Å²) >= 11 is 0. The molecule has 0 atom stereocenters. The van der Waals surface area contributed by atoms with E-state index >= 15 is 0 Å². The van der Waals surface area contributed by atoms with Gasteiger partial charge in [0.15, 0.2) is 8.24 Å². The molecule has 0 bridgehead atoms. The molecule has 0 saturated heterocycles. The summed E-state index contributed by atoms with van der Waals surface area (Å²) < 4.78 is 2.43. The van der Waals surface area contributed by atoms with Crippen LogP contribution in [0.2, 0.25) is 19.6 Å². The van der Waals surface area contributed by atoms with Gasteiger partial charge in [-0.2, -0.15) is 0 Å². The molecular formula is C17H21NSi. The van der Waals surface area contributed by atoms with Crippen LogP contribution in [0.15, 0.2) is 66.9 Å². The number of nitrogens with zero attached hydrogens (tertiary/aromatic N) is 1. The van der Waals surface area contributed by atoms with E-state index in [0.29, 0.717) is 0 Å². The van der Waals surface area contributed by atoms with Gasteiger partial charge in [-0.3, -0.25) is 0 Å². The first-order chi connectivity index (χ1) is 9.07. The summed E-state index contributed by atoms with van der Waals surface area (Å²) in [4.78, 5) is 0. The van der Waals surface area contributed by atoms with Crippen LogP contribution >= 0.6 is 0 Å². The van der Waals surface area contributed by atoms with Crippen LogP contribution in [0.4, 0.5) is 5.69 Å². The van der Waals surface area contributed by atoms with Crippen molar-refractivity contribution in [2.75, 3.05) is 4.57 Å². The van der Waals surface area contributed by atoms with Crippen LogP contribution < -0.4 is 4.57 Å². The van der Waals surface area contributed by atoms with Gasteiger partial charge in [-0.05, 0) is 30.0 Å². The third-order valence-electron chi connectivity index (χ3n) is 2.97. The SMILES string of the molecule is C[Si](C)(C)N(/C=C/c1ccccc1)c1ccccc1. The molecule has 2 aromatic rings. The van der Waals surface area contributed by atoms with Crippen molar-refractivity contribution in [3.63, 3.8) is 0 Å². The van der Waals surface area contributed by atoms with E-state index in [1.165, 1.54) is 11.3 Å². The number of anilines is 1. The fourth-order valence-corrected chi connectivity index (χ4v) is 3.46. The monoisotopic (exact) mass is 267 g/mol. The largest absolute Gasteiger partial charge is 0.375 e. The first-order valence-corrected chi connectivity index (χ1v) is 10.1. The maximum atomic E-state index is 2.43. The Morgan fingerprint density at radius 2 is 1.32 bits per heavy atom. The molecule has 19 heavy (non-hydrogen) atoms. The van der Waals surface area contributed by atoms with Crippen LogP contribution in [0.3, 0.4) is 0 Å². The van der Waals surface area contributed by atoms with Gasteiger partial charge in [-0.15, -0.1) is 0 Å². The molecule has 2 aromatic carbocycles.